The van der Waals surface area contributed by atoms with Crippen molar-refractivity contribution in [2.24, 2.45) is 0 Å². The Morgan fingerprint density at radius 1 is 1.20 bits per heavy atom. The van der Waals surface area contributed by atoms with E-state index in [4.69, 9.17) is 16.9 Å². The van der Waals surface area contributed by atoms with Crippen LogP contribution in [0.3, 0.4) is 0 Å². The summed E-state index contributed by atoms with van der Waals surface area (Å²) in [5.41, 5.74) is 1.31. The minimum Gasteiger partial charge on any atom is -0.326 e. The van der Waals surface area contributed by atoms with E-state index in [1.807, 2.05) is 6.07 Å². The van der Waals surface area contributed by atoms with Crippen molar-refractivity contribution in [3.8, 4) is 6.07 Å². The average Bonchev–Trinajstić information content (AvgIpc) is 2.69. The fraction of sp³-hybridized carbons (Fsp3) is 0.0909. The second-order valence-electron chi connectivity index (χ2n) is 6.38. The van der Waals surface area contributed by atoms with Gasteiger partial charge in [-0.25, -0.2) is 9.37 Å². The van der Waals surface area contributed by atoms with E-state index in [0.29, 0.717) is 16.3 Å². The number of benzene rings is 2. The maximum absolute atomic E-state index is 13.9. The summed E-state index contributed by atoms with van der Waals surface area (Å²) >= 11 is 6.09. The molecule has 1 N–H and O–H groups in total. The zero-order chi connectivity index (χ0) is 21.7. The third-order valence-electron chi connectivity index (χ3n) is 4.15. The standard InChI is InChI=1S/C22H16ClFN4O2/c1-14(29)28(19-9-15(13-25)8-17(24)11-19)21-12-18(6-7-26-21)27-22(30)10-16-4-2-3-5-20(16)23/h2-9,11-12H,10H2,1H3,(H,26,27,30). The lowest BCUT2D eigenvalue weighted by atomic mass is 10.1. The first kappa shape index (κ1) is 21.0. The second kappa shape index (κ2) is 9.16. The van der Waals surface area contributed by atoms with Gasteiger partial charge in [0.25, 0.3) is 0 Å². The van der Waals surface area contributed by atoms with Crippen molar-refractivity contribution in [3.05, 3.63) is 82.8 Å². The highest BCUT2D eigenvalue weighted by molar-refractivity contribution is 6.31. The van der Waals surface area contributed by atoms with Gasteiger partial charge < -0.3 is 5.32 Å². The van der Waals surface area contributed by atoms with Gasteiger partial charge >= 0.3 is 0 Å². The Bertz CT molecular complexity index is 1160. The van der Waals surface area contributed by atoms with Crippen LogP contribution in [-0.4, -0.2) is 16.8 Å². The van der Waals surface area contributed by atoms with Crippen molar-refractivity contribution in [2.45, 2.75) is 13.3 Å². The van der Waals surface area contributed by atoms with E-state index < -0.39 is 11.7 Å². The van der Waals surface area contributed by atoms with E-state index in [9.17, 15) is 14.0 Å². The van der Waals surface area contributed by atoms with Gasteiger partial charge in [-0.15, -0.1) is 0 Å². The van der Waals surface area contributed by atoms with Gasteiger partial charge in [0, 0.05) is 29.9 Å². The number of aromatic nitrogens is 1. The minimum absolute atomic E-state index is 0.0699. The molecule has 150 valence electrons. The number of carbonyl (C=O) groups is 2. The number of amides is 2. The first-order valence-electron chi connectivity index (χ1n) is 8.88. The fourth-order valence-electron chi connectivity index (χ4n) is 2.88. The first-order chi connectivity index (χ1) is 14.4. The molecule has 0 saturated carbocycles. The van der Waals surface area contributed by atoms with Gasteiger partial charge in [0.15, 0.2) is 0 Å². The molecule has 0 atom stereocenters. The maximum Gasteiger partial charge on any atom is 0.229 e. The third-order valence-corrected chi connectivity index (χ3v) is 4.52. The van der Waals surface area contributed by atoms with Crippen molar-refractivity contribution in [1.82, 2.24) is 4.98 Å². The molecule has 2 amide bonds. The topological polar surface area (TPSA) is 86.1 Å². The van der Waals surface area contributed by atoms with E-state index in [1.54, 1.807) is 30.3 Å². The number of nitriles is 1. The normalized spacial score (nSPS) is 10.2. The highest BCUT2D eigenvalue weighted by Gasteiger charge is 2.18. The Kier molecular flexibility index (Phi) is 6.40. The molecule has 2 aromatic carbocycles. The maximum atomic E-state index is 13.9. The number of carbonyl (C=O) groups excluding carboxylic acids is 2. The van der Waals surface area contributed by atoms with Crippen LogP contribution in [0.15, 0.2) is 60.8 Å². The Balaban J connectivity index is 1.86. The van der Waals surface area contributed by atoms with Crippen LogP contribution in [0.25, 0.3) is 0 Å². The van der Waals surface area contributed by atoms with Crippen LogP contribution < -0.4 is 10.2 Å². The molecule has 0 fully saturated rings. The SMILES string of the molecule is CC(=O)N(c1cc(F)cc(C#N)c1)c1cc(NC(=O)Cc2ccccc2Cl)ccn1. The van der Waals surface area contributed by atoms with Crippen molar-refractivity contribution in [3.63, 3.8) is 0 Å². The lowest BCUT2D eigenvalue weighted by molar-refractivity contribution is -0.116. The van der Waals surface area contributed by atoms with Crippen LogP contribution in [0.1, 0.15) is 18.1 Å². The van der Waals surface area contributed by atoms with Crippen LogP contribution in [0.4, 0.5) is 21.6 Å². The molecular formula is C22H16ClFN4O2. The van der Waals surface area contributed by atoms with Gasteiger partial charge in [0.05, 0.1) is 23.7 Å². The number of hydrogen-bond acceptors (Lipinski definition) is 4. The predicted molar refractivity (Wildman–Crippen MR) is 112 cm³/mol. The van der Waals surface area contributed by atoms with Crippen molar-refractivity contribution >= 4 is 40.6 Å². The Hall–Kier alpha value is -3.76. The average molecular weight is 423 g/mol. The van der Waals surface area contributed by atoms with Crippen molar-refractivity contribution in [1.29, 1.82) is 5.26 Å². The number of nitrogens with one attached hydrogen (secondary N) is 1. The molecule has 0 aliphatic heterocycles. The van der Waals surface area contributed by atoms with Gasteiger partial charge in [0.1, 0.15) is 11.6 Å². The quantitative estimate of drug-likeness (QED) is 0.650. The van der Waals surface area contributed by atoms with E-state index in [0.717, 1.165) is 17.0 Å². The molecule has 6 nitrogen and oxygen atoms in total. The summed E-state index contributed by atoms with van der Waals surface area (Å²) in [6.45, 7) is 1.29. The summed E-state index contributed by atoms with van der Waals surface area (Å²) in [4.78, 5) is 30.0. The first-order valence-corrected chi connectivity index (χ1v) is 9.26. The summed E-state index contributed by atoms with van der Waals surface area (Å²) in [5, 5.41) is 12.3. The van der Waals surface area contributed by atoms with Gasteiger partial charge in [-0.1, -0.05) is 29.8 Å². The van der Waals surface area contributed by atoms with E-state index in [-0.39, 0.29) is 29.4 Å². The zero-order valence-corrected chi connectivity index (χ0v) is 16.7. The molecule has 3 aromatic rings. The van der Waals surface area contributed by atoms with E-state index in [1.165, 1.54) is 25.3 Å². The Morgan fingerprint density at radius 2 is 1.97 bits per heavy atom. The largest absolute Gasteiger partial charge is 0.326 e. The van der Waals surface area contributed by atoms with Crippen LogP contribution in [-0.2, 0) is 16.0 Å². The monoisotopic (exact) mass is 422 g/mol. The fourth-order valence-corrected chi connectivity index (χ4v) is 3.08. The van der Waals surface area contributed by atoms with Gasteiger partial charge in [-0.3, -0.25) is 14.5 Å². The van der Waals surface area contributed by atoms with Crippen LogP contribution >= 0.6 is 11.6 Å². The van der Waals surface area contributed by atoms with Crippen molar-refractivity contribution in [2.75, 3.05) is 10.2 Å². The van der Waals surface area contributed by atoms with E-state index in [2.05, 4.69) is 10.3 Å². The van der Waals surface area contributed by atoms with E-state index >= 15 is 0 Å². The molecule has 0 unspecified atom stereocenters. The number of rotatable bonds is 5. The molecule has 1 heterocycles. The number of anilines is 3. The molecule has 30 heavy (non-hydrogen) atoms. The highest BCUT2D eigenvalue weighted by atomic mass is 35.5. The predicted octanol–water partition coefficient (Wildman–Crippen LogP) is 4.61. The summed E-state index contributed by atoms with van der Waals surface area (Å²) < 4.78 is 13.9. The minimum atomic E-state index is -0.653. The molecule has 0 spiro atoms. The zero-order valence-electron chi connectivity index (χ0n) is 15.9. The van der Waals surface area contributed by atoms with Crippen LogP contribution in [0.2, 0.25) is 5.02 Å². The number of nitrogens with zero attached hydrogens (tertiary/aromatic N) is 3. The molecule has 0 aliphatic rings. The van der Waals surface area contributed by atoms with Crippen LogP contribution in [0.5, 0.6) is 0 Å². The summed E-state index contributed by atoms with van der Waals surface area (Å²) in [5.74, 6) is -1.21. The smallest absolute Gasteiger partial charge is 0.229 e. The van der Waals surface area contributed by atoms with Crippen molar-refractivity contribution < 1.29 is 14.0 Å². The molecule has 0 radical (unpaired) electrons. The molecule has 1 aromatic heterocycles. The molecular weight excluding hydrogens is 407 g/mol. The molecule has 0 bridgehead atoms. The third kappa shape index (κ3) is 4.99. The number of halogens is 2. The highest BCUT2D eigenvalue weighted by Crippen LogP contribution is 2.27. The van der Waals surface area contributed by atoms with Gasteiger partial charge in [0.2, 0.25) is 11.8 Å². The molecule has 0 saturated heterocycles. The van der Waals surface area contributed by atoms with Gasteiger partial charge in [-0.2, -0.15) is 5.26 Å². The Labute approximate surface area is 177 Å². The van der Waals surface area contributed by atoms with Crippen LogP contribution in [0, 0.1) is 17.1 Å². The molecule has 0 aliphatic carbocycles. The molecule has 8 heteroatoms. The number of pyridine rings is 1. The lowest BCUT2D eigenvalue weighted by Crippen LogP contribution is -2.24. The summed E-state index contributed by atoms with van der Waals surface area (Å²) in [6, 6.07) is 15.5. The van der Waals surface area contributed by atoms with Gasteiger partial charge in [-0.05, 0) is 35.9 Å². The summed E-state index contributed by atoms with van der Waals surface area (Å²) in [7, 11) is 0. The number of hydrogen-bond donors (Lipinski definition) is 1. The molecule has 3 rings (SSSR count). The summed E-state index contributed by atoms with van der Waals surface area (Å²) in [6.07, 6.45) is 1.49. The second-order valence-corrected chi connectivity index (χ2v) is 6.79. The lowest BCUT2D eigenvalue weighted by Gasteiger charge is -2.21. The Morgan fingerprint density at radius 3 is 2.67 bits per heavy atom.